The molecular weight excluding hydrogens is 296 g/mol. The minimum atomic E-state index is -0.802. The van der Waals surface area contributed by atoms with Crippen molar-refractivity contribution in [3.05, 3.63) is 28.2 Å². The van der Waals surface area contributed by atoms with Gasteiger partial charge in [-0.2, -0.15) is 0 Å². The van der Waals surface area contributed by atoms with E-state index in [0.29, 0.717) is 19.6 Å². The number of hydrogen-bond donors (Lipinski definition) is 1. The smallest absolute Gasteiger partial charge is 0.230 e. The lowest BCUT2D eigenvalue weighted by molar-refractivity contribution is -0.119. The van der Waals surface area contributed by atoms with Crippen molar-refractivity contribution in [3.8, 4) is 0 Å². The van der Waals surface area contributed by atoms with Crippen LogP contribution >= 0.6 is 15.9 Å². The summed E-state index contributed by atoms with van der Waals surface area (Å²) in [6.07, 6.45) is 0.575. The summed E-state index contributed by atoms with van der Waals surface area (Å²) >= 11 is 2.97. The number of carbonyl (C=O) groups is 1. The van der Waals surface area contributed by atoms with E-state index in [1.165, 1.54) is 0 Å². The summed E-state index contributed by atoms with van der Waals surface area (Å²) in [6.45, 7) is 0.801. The van der Waals surface area contributed by atoms with Crippen LogP contribution in [0.5, 0.6) is 0 Å². The van der Waals surface area contributed by atoms with Gasteiger partial charge in [-0.25, -0.2) is 8.78 Å². The fourth-order valence-electron chi connectivity index (χ4n) is 1.63. The molecule has 0 spiro atoms. The summed E-state index contributed by atoms with van der Waals surface area (Å²) in [4.78, 5) is 11.7. The first-order valence-electron chi connectivity index (χ1n) is 5.11. The Labute approximate surface area is 105 Å². The predicted molar refractivity (Wildman–Crippen MR) is 61.6 cm³/mol. The molecule has 1 aromatic rings. The topological polar surface area (TPSA) is 38.3 Å². The fraction of sp³-hybridized carbons (Fsp3) is 0.364. The molecule has 2 rings (SSSR count). The Balaban J connectivity index is 2.15. The number of anilines is 1. The summed E-state index contributed by atoms with van der Waals surface area (Å²) < 4.78 is 32.2. The van der Waals surface area contributed by atoms with E-state index >= 15 is 0 Å². The van der Waals surface area contributed by atoms with Crippen molar-refractivity contribution in [2.45, 2.75) is 6.42 Å². The molecule has 0 bridgehead atoms. The van der Waals surface area contributed by atoms with Crippen LogP contribution in [0.3, 0.4) is 0 Å². The number of nitrogens with one attached hydrogen (secondary N) is 1. The Hall–Kier alpha value is -1.01. The zero-order valence-electron chi connectivity index (χ0n) is 8.80. The van der Waals surface area contributed by atoms with Gasteiger partial charge in [-0.15, -0.1) is 0 Å². The fourth-order valence-corrected chi connectivity index (χ4v) is 2.03. The second-order valence-electron chi connectivity index (χ2n) is 3.79. The molecule has 0 radical (unpaired) electrons. The number of benzene rings is 1. The maximum absolute atomic E-state index is 13.4. The first-order chi connectivity index (χ1) is 8.08. The van der Waals surface area contributed by atoms with Crippen LogP contribution in [0.2, 0.25) is 0 Å². The van der Waals surface area contributed by atoms with Crippen LogP contribution in [-0.4, -0.2) is 19.1 Å². The Morgan fingerprint density at radius 2 is 2.06 bits per heavy atom. The van der Waals surface area contributed by atoms with E-state index in [-0.39, 0.29) is 10.4 Å². The van der Waals surface area contributed by atoms with Crippen LogP contribution in [0.1, 0.15) is 6.42 Å². The lowest BCUT2D eigenvalue weighted by Crippen LogP contribution is -2.24. The molecule has 1 amide bonds. The summed E-state index contributed by atoms with van der Waals surface area (Å²) in [5.41, 5.74) is -0.412. The molecule has 1 heterocycles. The van der Waals surface area contributed by atoms with Gasteiger partial charge in [0, 0.05) is 11.1 Å². The SMILES string of the molecule is O=C(Nc1c(F)cc(Br)cc1F)C1CCOC1. The van der Waals surface area contributed by atoms with Gasteiger partial charge in [0.25, 0.3) is 0 Å². The van der Waals surface area contributed by atoms with Crippen molar-refractivity contribution < 1.29 is 18.3 Å². The van der Waals surface area contributed by atoms with Crippen LogP contribution in [0.4, 0.5) is 14.5 Å². The van der Waals surface area contributed by atoms with Crippen molar-refractivity contribution >= 4 is 27.5 Å². The highest BCUT2D eigenvalue weighted by molar-refractivity contribution is 9.10. The third-order valence-corrected chi connectivity index (χ3v) is 3.01. The van der Waals surface area contributed by atoms with E-state index in [2.05, 4.69) is 21.2 Å². The second kappa shape index (κ2) is 5.10. The minimum Gasteiger partial charge on any atom is -0.381 e. The largest absolute Gasteiger partial charge is 0.381 e. The van der Waals surface area contributed by atoms with Crippen molar-refractivity contribution in [1.29, 1.82) is 0 Å². The average Bonchev–Trinajstić information content (AvgIpc) is 2.76. The number of carbonyl (C=O) groups excluding carboxylic acids is 1. The Morgan fingerprint density at radius 1 is 1.41 bits per heavy atom. The number of halogens is 3. The average molecular weight is 306 g/mol. The van der Waals surface area contributed by atoms with Gasteiger partial charge < -0.3 is 10.1 Å². The molecule has 1 unspecified atom stereocenters. The molecule has 3 nitrogen and oxygen atoms in total. The predicted octanol–water partition coefficient (Wildman–Crippen LogP) is 2.70. The molecule has 1 aliphatic heterocycles. The molecule has 1 atom stereocenters. The maximum Gasteiger partial charge on any atom is 0.230 e. The lowest BCUT2D eigenvalue weighted by Gasteiger charge is -2.11. The van der Waals surface area contributed by atoms with Gasteiger partial charge in [0.2, 0.25) is 5.91 Å². The minimum absolute atomic E-state index is 0.287. The second-order valence-corrected chi connectivity index (χ2v) is 4.71. The first-order valence-corrected chi connectivity index (χ1v) is 5.90. The number of rotatable bonds is 2. The summed E-state index contributed by atoms with van der Waals surface area (Å²) in [6, 6.07) is 2.20. The van der Waals surface area contributed by atoms with Gasteiger partial charge >= 0.3 is 0 Å². The molecule has 0 saturated carbocycles. The Morgan fingerprint density at radius 3 is 2.59 bits per heavy atom. The molecule has 1 aliphatic rings. The van der Waals surface area contributed by atoms with Crippen LogP contribution in [0.25, 0.3) is 0 Å². The van der Waals surface area contributed by atoms with E-state index in [1.54, 1.807) is 0 Å². The maximum atomic E-state index is 13.4. The van der Waals surface area contributed by atoms with Crippen molar-refractivity contribution in [1.82, 2.24) is 0 Å². The summed E-state index contributed by atoms with van der Waals surface area (Å²) in [5.74, 6) is -2.35. The van der Waals surface area contributed by atoms with E-state index in [1.807, 2.05) is 0 Å². The zero-order valence-corrected chi connectivity index (χ0v) is 10.4. The lowest BCUT2D eigenvalue weighted by atomic mass is 10.1. The number of hydrogen-bond acceptors (Lipinski definition) is 2. The van der Waals surface area contributed by atoms with E-state index < -0.39 is 23.2 Å². The number of amides is 1. The molecule has 1 aromatic carbocycles. The first kappa shape index (κ1) is 12.4. The van der Waals surface area contributed by atoms with Crippen LogP contribution in [0, 0.1) is 17.6 Å². The summed E-state index contributed by atoms with van der Waals surface area (Å²) in [7, 11) is 0. The number of ether oxygens (including phenoxy) is 1. The highest BCUT2D eigenvalue weighted by atomic mass is 79.9. The van der Waals surface area contributed by atoms with Gasteiger partial charge in [-0.1, -0.05) is 15.9 Å². The normalized spacial score (nSPS) is 19.4. The van der Waals surface area contributed by atoms with Crippen molar-refractivity contribution in [2.24, 2.45) is 5.92 Å². The standard InChI is InChI=1S/C11H10BrF2NO2/c12-7-3-8(13)10(9(14)4-7)15-11(16)6-1-2-17-5-6/h3-4,6H,1-2,5H2,(H,15,16). The van der Waals surface area contributed by atoms with Crippen LogP contribution in [0.15, 0.2) is 16.6 Å². The van der Waals surface area contributed by atoms with Gasteiger partial charge in [0.15, 0.2) is 11.6 Å². The molecule has 0 aliphatic carbocycles. The Bertz CT molecular complexity index is 424. The van der Waals surface area contributed by atoms with E-state index in [4.69, 9.17) is 4.74 Å². The van der Waals surface area contributed by atoms with E-state index in [0.717, 1.165) is 12.1 Å². The third-order valence-electron chi connectivity index (χ3n) is 2.56. The van der Waals surface area contributed by atoms with Crippen molar-refractivity contribution in [3.63, 3.8) is 0 Å². The van der Waals surface area contributed by atoms with Crippen LogP contribution < -0.4 is 5.32 Å². The highest BCUT2D eigenvalue weighted by Crippen LogP contribution is 2.25. The Kier molecular flexibility index (Phi) is 3.73. The summed E-state index contributed by atoms with van der Waals surface area (Å²) in [5, 5.41) is 2.26. The highest BCUT2D eigenvalue weighted by Gasteiger charge is 2.25. The van der Waals surface area contributed by atoms with Crippen molar-refractivity contribution in [2.75, 3.05) is 18.5 Å². The van der Waals surface area contributed by atoms with Gasteiger partial charge in [-0.3, -0.25) is 4.79 Å². The molecule has 1 fully saturated rings. The molecule has 6 heteroatoms. The van der Waals surface area contributed by atoms with Gasteiger partial charge in [-0.05, 0) is 18.6 Å². The molecule has 0 aromatic heterocycles. The van der Waals surface area contributed by atoms with E-state index in [9.17, 15) is 13.6 Å². The van der Waals surface area contributed by atoms with Gasteiger partial charge in [0.05, 0.1) is 12.5 Å². The monoisotopic (exact) mass is 305 g/mol. The quantitative estimate of drug-likeness (QED) is 0.912. The molecule has 17 heavy (non-hydrogen) atoms. The van der Waals surface area contributed by atoms with Crippen LogP contribution in [-0.2, 0) is 9.53 Å². The molecular formula is C11H10BrF2NO2. The third kappa shape index (κ3) is 2.81. The zero-order chi connectivity index (χ0) is 12.4. The van der Waals surface area contributed by atoms with Gasteiger partial charge in [0.1, 0.15) is 5.69 Å². The molecule has 1 N–H and O–H groups in total. The molecule has 1 saturated heterocycles. The molecule has 92 valence electrons.